The highest BCUT2D eigenvalue weighted by Gasteiger charge is 2.16. The first-order valence-electron chi connectivity index (χ1n) is 4.28. The molecule has 1 atom stereocenters. The molecule has 0 aromatic heterocycles. The molecule has 0 spiro atoms. The number of rotatable bonds is 3. The van der Waals surface area contributed by atoms with E-state index in [1.54, 1.807) is 6.07 Å². The first-order chi connectivity index (χ1) is 7.04. The van der Waals surface area contributed by atoms with Gasteiger partial charge in [0.25, 0.3) is 0 Å². The Morgan fingerprint density at radius 2 is 2.27 bits per heavy atom. The Balaban J connectivity index is 2.85. The molecule has 5 heteroatoms. The largest absolute Gasteiger partial charge is 0.508 e. The highest BCUT2D eigenvalue weighted by atomic mass is 79.9. The van der Waals surface area contributed by atoms with Gasteiger partial charge >= 0.3 is 5.97 Å². The van der Waals surface area contributed by atoms with Crippen molar-refractivity contribution in [3.63, 3.8) is 0 Å². The van der Waals surface area contributed by atoms with Crippen LogP contribution in [0.2, 0.25) is 0 Å². The molecule has 2 N–H and O–H groups in total. The normalized spacial score (nSPS) is 12.2. The van der Waals surface area contributed by atoms with Crippen molar-refractivity contribution in [3.8, 4) is 5.75 Å². The van der Waals surface area contributed by atoms with Gasteiger partial charge in [-0.1, -0.05) is 15.9 Å². The summed E-state index contributed by atoms with van der Waals surface area (Å²) >= 11 is 3.22. The van der Waals surface area contributed by atoms with E-state index in [0.717, 1.165) is 0 Å². The van der Waals surface area contributed by atoms with Crippen LogP contribution in [0.1, 0.15) is 18.1 Å². The molecule has 82 valence electrons. The summed E-state index contributed by atoms with van der Waals surface area (Å²) in [5.41, 5.74) is 0.459. The number of carbonyl (C=O) groups is 1. The van der Waals surface area contributed by atoms with Crippen molar-refractivity contribution in [2.45, 2.75) is 12.5 Å². The van der Waals surface area contributed by atoms with Gasteiger partial charge in [-0.05, 0) is 23.8 Å². The lowest BCUT2D eigenvalue weighted by Crippen LogP contribution is -2.08. The number of ether oxygens (including phenoxy) is 1. The second-order valence-corrected chi connectivity index (χ2v) is 3.86. The number of methoxy groups -OCH3 is 1. The Bertz CT molecular complexity index is 364. The van der Waals surface area contributed by atoms with Gasteiger partial charge in [-0.2, -0.15) is 0 Å². The molecule has 0 radical (unpaired) electrons. The van der Waals surface area contributed by atoms with Crippen LogP contribution in [0.3, 0.4) is 0 Å². The molecule has 0 aliphatic rings. The number of phenolic OH excluding ortho intramolecular Hbond substituents is 1. The number of benzene rings is 1. The van der Waals surface area contributed by atoms with Crippen LogP contribution < -0.4 is 0 Å². The molecule has 1 rings (SSSR count). The van der Waals surface area contributed by atoms with E-state index in [-0.39, 0.29) is 12.2 Å². The zero-order valence-corrected chi connectivity index (χ0v) is 9.69. The van der Waals surface area contributed by atoms with Crippen molar-refractivity contribution >= 4 is 21.9 Å². The predicted molar refractivity (Wildman–Crippen MR) is 57.4 cm³/mol. The summed E-state index contributed by atoms with van der Waals surface area (Å²) in [5, 5.41) is 18.9. The van der Waals surface area contributed by atoms with Gasteiger partial charge in [0.1, 0.15) is 5.75 Å². The first-order valence-corrected chi connectivity index (χ1v) is 5.07. The summed E-state index contributed by atoms with van der Waals surface area (Å²) < 4.78 is 5.07. The molecule has 1 aromatic rings. The summed E-state index contributed by atoms with van der Waals surface area (Å²) in [6, 6.07) is 4.49. The van der Waals surface area contributed by atoms with Crippen molar-refractivity contribution in [3.05, 3.63) is 28.2 Å². The second-order valence-electron chi connectivity index (χ2n) is 3.00. The van der Waals surface area contributed by atoms with Crippen molar-refractivity contribution < 1.29 is 19.7 Å². The smallest absolute Gasteiger partial charge is 0.308 e. The minimum atomic E-state index is -0.987. The first kappa shape index (κ1) is 12.0. The van der Waals surface area contributed by atoms with E-state index in [4.69, 9.17) is 0 Å². The molecule has 4 nitrogen and oxygen atoms in total. The minimum absolute atomic E-state index is 0.0390. The third kappa shape index (κ3) is 3.21. The maximum Gasteiger partial charge on any atom is 0.308 e. The SMILES string of the molecule is COC(=O)CC(O)c1cc(O)ccc1Br. The third-order valence-electron chi connectivity index (χ3n) is 1.93. The van der Waals surface area contributed by atoms with E-state index in [9.17, 15) is 15.0 Å². The molecule has 1 aromatic carbocycles. The van der Waals surface area contributed by atoms with Gasteiger partial charge in [-0.25, -0.2) is 0 Å². The summed E-state index contributed by atoms with van der Waals surface area (Å²) in [6.45, 7) is 0. The van der Waals surface area contributed by atoms with Gasteiger partial charge < -0.3 is 14.9 Å². The number of hydrogen-bond donors (Lipinski definition) is 2. The fourth-order valence-electron chi connectivity index (χ4n) is 1.14. The monoisotopic (exact) mass is 274 g/mol. The maximum absolute atomic E-state index is 10.9. The van der Waals surface area contributed by atoms with E-state index in [0.29, 0.717) is 10.0 Å². The van der Waals surface area contributed by atoms with Gasteiger partial charge in [0, 0.05) is 4.47 Å². The topological polar surface area (TPSA) is 66.8 Å². The van der Waals surface area contributed by atoms with Crippen LogP contribution in [0.15, 0.2) is 22.7 Å². The van der Waals surface area contributed by atoms with Crippen LogP contribution in [-0.2, 0) is 9.53 Å². The molecule has 0 aliphatic carbocycles. The maximum atomic E-state index is 10.9. The molecule has 0 fully saturated rings. The van der Waals surface area contributed by atoms with Crippen LogP contribution in [0.4, 0.5) is 0 Å². The van der Waals surface area contributed by atoms with Crippen LogP contribution >= 0.6 is 15.9 Å². The number of aromatic hydroxyl groups is 1. The predicted octanol–water partition coefficient (Wildman–Crippen LogP) is 1.75. The Kier molecular flexibility index (Phi) is 4.11. The van der Waals surface area contributed by atoms with Crippen molar-refractivity contribution in [2.24, 2.45) is 0 Å². The zero-order chi connectivity index (χ0) is 11.4. The molecule has 0 bridgehead atoms. The van der Waals surface area contributed by atoms with E-state index < -0.39 is 12.1 Å². The van der Waals surface area contributed by atoms with Crippen LogP contribution in [0.25, 0.3) is 0 Å². The molecule has 1 unspecified atom stereocenters. The lowest BCUT2D eigenvalue weighted by Gasteiger charge is -2.11. The molecule has 0 saturated heterocycles. The molecule has 0 saturated carbocycles. The number of hydrogen-bond acceptors (Lipinski definition) is 4. The number of phenols is 1. The molecule has 15 heavy (non-hydrogen) atoms. The number of esters is 1. The van der Waals surface area contributed by atoms with Crippen molar-refractivity contribution in [1.82, 2.24) is 0 Å². The van der Waals surface area contributed by atoms with Gasteiger partial charge in [-0.15, -0.1) is 0 Å². The van der Waals surface area contributed by atoms with Crippen LogP contribution in [0, 0.1) is 0 Å². The summed E-state index contributed by atoms with van der Waals surface area (Å²) in [6.07, 6.45) is -1.13. The number of aliphatic hydroxyl groups excluding tert-OH is 1. The number of halogens is 1. The van der Waals surface area contributed by atoms with Gasteiger partial charge in [0.2, 0.25) is 0 Å². The molecule has 0 aliphatic heterocycles. The average molecular weight is 275 g/mol. The second kappa shape index (κ2) is 5.14. The fraction of sp³-hybridized carbons (Fsp3) is 0.300. The van der Waals surface area contributed by atoms with Crippen LogP contribution in [0.5, 0.6) is 5.75 Å². The van der Waals surface area contributed by atoms with E-state index >= 15 is 0 Å². The lowest BCUT2D eigenvalue weighted by atomic mass is 10.1. The Morgan fingerprint density at radius 3 is 2.87 bits per heavy atom. The third-order valence-corrected chi connectivity index (χ3v) is 2.65. The lowest BCUT2D eigenvalue weighted by molar-refractivity contribution is -0.142. The molecule has 0 heterocycles. The molecular weight excluding hydrogens is 264 g/mol. The summed E-state index contributed by atoms with van der Waals surface area (Å²) in [4.78, 5) is 10.9. The molecule has 0 amide bonds. The van der Waals surface area contributed by atoms with Crippen molar-refractivity contribution in [2.75, 3.05) is 7.11 Å². The number of carbonyl (C=O) groups excluding carboxylic acids is 1. The Labute approximate surface area is 95.6 Å². The minimum Gasteiger partial charge on any atom is -0.508 e. The van der Waals surface area contributed by atoms with E-state index in [1.807, 2.05) is 0 Å². The number of aliphatic hydroxyl groups is 1. The quantitative estimate of drug-likeness (QED) is 0.825. The van der Waals surface area contributed by atoms with E-state index in [1.165, 1.54) is 19.2 Å². The van der Waals surface area contributed by atoms with Crippen LogP contribution in [-0.4, -0.2) is 23.3 Å². The average Bonchev–Trinajstić information content (AvgIpc) is 2.21. The zero-order valence-electron chi connectivity index (χ0n) is 8.11. The Hall–Kier alpha value is -1.07. The summed E-state index contributed by atoms with van der Waals surface area (Å²) in [7, 11) is 1.26. The highest BCUT2D eigenvalue weighted by molar-refractivity contribution is 9.10. The highest BCUT2D eigenvalue weighted by Crippen LogP contribution is 2.29. The van der Waals surface area contributed by atoms with E-state index in [2.05, 4.69) is 20.7 Å². The van der Waals surface area contributed by atoms with Gasteiger partial charge in [-0.3, -0.25) is 4.79 Å². The van der Waals surface area contributed by atoms with Gasteiger partial charge in [0.15, 0.2) is 0 Å². The summed E-state index contributed by atoms with van der Waals surface area (Å²) in [5.74, 6) is -0.463. The standard InChI is InChI=1S/C10H11BrO4/c1-15-10(14)5-9(13)7-4-6(12)2-3-8(7)11/h2-4,9,12-13H,5H2,1H3. The van der Waals surface area contributed by atoms with Crippen molar-refractivity contribution in [1.29, 1.82) is 0 Å². The molecular formula is C10H11BrO4. The fourth-order valence-corrected chi connectivity index (χ4v) is 1.65. The van der Waals surface area contributed by atoms with Gasteiger partial charge in [0.05, 0.1) is 19.6 Å². The Morgan fingerprint density at radius 1 is 1.60 bits per heavy atom.